The van der Waals surface area contributed by atoms with Crippen LogP contribution in [-0.4, -0.2) is 29.3 Å². The summed E-state index contributed by atoms with van der Waals surface area (Å²) >= 11 is 0. The fraction of sp³-hybridized carbons (Fsp3) is 0.208. The highest BCUT2D eigenvalue weighted by atomic mass is 19.1. The van der Waals surface area contributed by atoms with E-state index >= 15 is 0 Å². The minimum Gasteiger partial charge on any atom is -0.348 e. The molecule has 1 aliphatic rings. The molecule has 1 aliphatic heterocycles. The average molecular weight is 419 g/mol. The number of benzene rings is 3. The van der Waals surface area contributed by atoms with Gasteiger partial charge in [-0.15, -0.1) is 0 Å². The number of hydrogen-bond acceptors (Lipinski definition) is 3. The molecule has 0 saturated carbocycles. The van der Waals surface area contributed by atoms with Gasteiger partial charge in [-0.05, 0) is 47.9 Å². The summed E-state index contributed by atoms with van der Waals surface area (Å²) in [4.78, 5) is 39.3. The van der Waals surface area contributed by atoms with Gasteiger partial charge in [0.15, 0.2) is 0 Å². The summed E-state index contributed by atoms with van der Waals surface area (Å²) in [5.74, 6) is -1.34. The van der Waals surface area contributed by atoms with E-state index in [0.717, 1.165) is 15.7 Å². The number of nitrogens with one attached hydrogen (secondary N) is 2. The van der Waals surface area contributed by atoms with Crippen LogP contribution in [0.4, 0.5) is 9.18 Å². The van der Waals surface area contributed by atoms with Crippen molar-refractivity contribution in [1.82, 2.24) is 15.5 Å². The van der Waals surface area contributed by atoms with E-state index in [1.54, 1.807) is 32.0 Å². The van der Waals surface area contributed by atoms with Crippen LogP contribution in [0.1, 0.15) is 31.0 Å². The Morgan fingerprint density at radius 2 is 1.74 bits per heavy atom. The molecule has 3 aromatic rings. The summed E-state index contributed by atoms with van der Waals surface area (Å²) in [6.07, 6.45) is 0. The van der Waals surface area contributed by atoms with E-state index in [1.807, 2.05) is 36.4 Å². The standard InChI is InChI=1S/C24H22FN3O3/c1-15(16-10-12-18(25)13-11-16)26-21(29)14-28-22(30)24(2,27-23(28)31)20-9-5-7-17-6-3-4-8-19(17)20/h3-13,15H,14H2,1-2H3,(H,26,29)(H,27,31)/t15-,24-/m1/s1. The molecule has 2 atom stereocenters. The SMILES string of the molecule is C[C@@H](NC(=O)CN1C(=O)N[C@](C)(c2cccc3ccccc23)C1=O)c1ccc(F)cc1. The van der Waals surface area contributed by atoms with Gasteiger partial charge in [0.05, 0.1) is 6.04 Å². The summed E-state index contributed by atoms with van der Waals surface area (Å²) in [5, 5.41) is 7.31. The lowest BCUT2D eigenvalue weighted by Crippen LogP contribution is -2.43. The number of amides is 4. The number of carbonyl (C=O) groups excluding carboxylic acids is 3. The monoisotopic (exact) mass is 419 g/mol. The second kappa shape index (κ2) is 7.83. The van der Waals surface area contributed by atoms with Crippen LogP contribution in [0.5, 0.6) is 0 Å². The van der Waals surface area contributed by atoms with Crippen molar-refractivity contribution in [2.24, 2.45) is 0 Å². The summed E-state index contributed by atoms with van der Waals surface area (Å²) in [6, 6.07) is 17.9. The Morgan fingerprint density at radius 1 is 1.06 bits per heavy atom. The number of urea groups is 1. The number of hydrogen-bond donors (Lipinski definition) is 2. The number of rotatable bonds is 5. The molecule has 2 N–H and O–H groups in total. The fourth-order valence-corrected chi connectivity index (χ4v) is 3.95. The van der Waals surface area contributed by atoms with Crippen LogP contribution in [-0.2, 0) is 15.1 Å². The first-order chi connectivity index (χ1) is 14.8. The Labute approximate surface area is 179 Å². The van der Waals surface area contributed by atoms with Gasteiger partial charge in [0, 0.05) is 0 Å². The maximum absolute atomic E-state index is 13.2. The van der Waals surface area contributed by atoms with E-state index in [9.17, 15) is 18.8 Å². The van der Waals surface area contributed by atoms with Crippen LogP contribution in [0, 0.1) is 5.82 Å². The van der Waals surface area contributed by atoms with Gasteiger partial charge in [0.2, 0.25) is 5.91 Å². The molecular weight excluding hydrogens is 397 g/mol. The topological polar surface area (TPSA) is 78.5 Å². The molecule has 31 heavy (non-hydrogen) atoms. The molecule has 4 rings (SSSR count). The van der Waals surface area contributed by atoms with Crippen LogP contribution in [0.15, 0.2) is 66.7 Å². The average Bonchev–Trinajstić information content (AvgIpc) is 2.97. The van der Waals surface area contributed by atoms with E-state index in [1.165, 1.54) is 12.1 Å². The second-order valence-corrected chi connectivity index (χ2v) is 7.81. The molecule has 0 radical (unpaired) electrons. The van der Waals surface area contributed by atoms with Gasteiger partial charge in [-0.3, -0.25) is 14.5 Å². The number of imide groups is 1. The molecule has 6 nitrogen and oxygen atoms in total. The molecular formula is C24H22FN3O3. The van der Waals surface area contributed by atoms with Crippen molar-refractivity contribution in [3.63, 3.8) is 0 Å². The molecule has 0 aromatic heterocycles. The van der Waals surface area contributed by atoms with Crippen molar-refractivity contribution in [3.8, 4) is 0 Å². The molecule has 7 heteroatoms. The Bertz CT molecular complexity index is 1170. The highest BCUT2D eigenvalue weighted by molar-refractivity contribution is 6.10. The lowest BCUT2D eigenvalue weighted by Gasteiger charge is -2.24. The van der Waals surface area contributed by atoms with Crippen LogP contribution >= 0.6 is 0 Å². The molecule has 158 valence electrons. The van der Waals surface area contributed by atoms with Crippen molar-refractivity contribution >= 4 is 28.6 Å². The highest BCUT2D eigenvalue weighted by Gasteiger charge is 2.50. The Hall–Kier alpha value is -3.74. The molecule has 0 aliphatic carbocycles. The molecule has 1 saturated heterocycles. The Morgan fingerprint density at radius 3 is 2.48 bits per heavy atom. The predicted octanol–water partition coefficient (Wildman–Crippen LogP) is 3.62. The second-order valence-electron chi connectivity index (χ2n) is 7.81. The molecule has 1 heterocycles. The minimum absolute atomic E-state index is 0.366. The van der Waals surface area contributed by atoms with Crippen molar-refractivity contribution < 1.29 is 18.8 Å². The van der Waals surface area contributed by atoms with Crippen molar-refractivity contribution in [2.45, 2.75) is 25.4 Å². The molecule has 0 spiro atoms. The molecule has 4 amide bonds. The van der Waals surface area contributed by atoms with Crippen LogP contribution in [0.3, 0.4) is 0 Å². The predicted molar refractivity (Wildman–Crippen MR) is 115 cm³/mol. The van der Waals surface area contributed by atoms with Gasteiger partial charge < -0.3 is 10.6 Å². The number of fused-ring (bicyclic) bond motifs is 1. The van der Waals surface area contributed by atoms with Gasteiger partial charge in [-0.25, -0.2) is 9.18 Å². The third-order valence-electron chi connectivity index (χ3n) is 5.65. The van der Waals surface area contributed by atoms with E-state index in [2.05, 4.69) is 10.6 Å². The lowest BCUT2D eigenvalue weighted by molar-refractivity contribution is -0.135. The van der Waals surface area contributed by atoms with E-state index < -0.39 is 36.0 Å². The largest absolute Gasteiger partial charge is 0.348 e. The van der Waals surface area contributed by atoms with Gasteiger partial charge in [-0.1, -0.05) is 54.6 Å². The molecule has 1 fully saturated rings. The van der Waals surface area contributed by atoms with E-state index in [0.29, 0.717) is 11.1 Å². The lowest BCUT2D eigenvalue weighted by atomic mass is 9.88. The molecule has 0 bridgehead atoms. The van der Waals surface area contributed by atoms with Crippen molar-refractivity contribution in [3.05, 3.63) is 83.7 Å². The summed E-state index contributed by atoms with van der Waals surface area (Å²) in [6.45, 7) is 2.99. The zero-order valence-corrected chi connectivity index (χ0v) is 17.2. The van der Waals surface area contributed by atoms with E-state index in [-0.39, 0.29) is 5.82 Å². The molecule has 0 unspecified atom stereocenters. The van der Waals surface area contributed by atoms with Crippen LogP contribution in [0.25, 0.3) is 10.8 Å². The van der Waals surface area contributed by atoms with E-state index in [4.69, 9.17) is 0 Å². The zero-order chi connectivity index (χ0) is 22.2. The van der Waals surface area contributed by atoms with Crippen LogP contribution in [0.2, 0.25) is 0 Å². The number of carbonyl (C=O) groups is 3. The van der Waals surface area contributed by atoms with Crippen LogP contribution < -0.4 is 10.6 Å². The smallest absolute Gasteiger partial charge is 0.325 e. The minimum atomic E-state index is -1.28. The third-order valence-corrected chi connectivity index (χ3v) is 5.65. The highest BCUT2D eigenvalue weighted by Crippen LogP contribution is 2.33. The Kier molecular flexibility index (Phi) is 5.19. The van der Waals surface area contributed by atoms with Gasteiger partial charge >= 0.3 is 6.03 Å². The van der Waals surface area contributed by atoms with Crippen molar-refractivity contribution in [1.29, 1.82) is 0 Å². The first-order valence-electron chi connectivity index (χ1n) is 9.97. The zero-order valence-electron chi connectivity index (χ0n) is 17.2. The number of nitrogens with zero attached hydrogens (tertiary/aromatic N) is 1. The summed E-state index contributed by atoms with van der Waals surface area (Å²) in [7, 11) is 0. The number of halogens is 1. The van der Waals surface area contributed by atoms with Gasteiger partial charge in [-0.2, -0.15) is 0 Å². The third kappa shape index (κ3) is 3.74. The maximum atomic E-state index is 13.2. The Balaban J connectivity index is 1.53. The normalized spacial score (nSPS) is 19.4. The summed E-state index contributed by atoms with van der Waals surface area (Å²) < 4.78 is 13.1. The van der Waals surface area contributed by atoms with Gasteiger partial charge in [0.25, 0.3) is 5.91 Å². The van der Waals surface area contributed by atoms with Gasteiger partial charge in [0.1, 0.15) is 17.9 Å². The molecule has 3 aromatic carbocycles. The fourth-order valence-electron chi connectivity index (χ4n) is 3.95. The summed E-state index contributed by atoms with van der Waals surface area (Å²) in [5.41, 5.74) is 0.111. The van der Waals surface area contributed by atoms with Crippen molar-refractivity contribution in [2.75, 3.05) is 6.54 Å². The quantitative estimate of drug-likeness (QED) is 0.620. The first-order valence-corrected chi connectivity index (χ1v) is 9.97. The maximum Gasteiger partial charge on any atom is 0.325 e. The first kappa shape index (κ1) is 20.5.